The second-order valence-corrected chi connectivity index (χ2v) is 1.96. The molecule has 1 rings (SSSR count). The summed E-state index contributed by atoms with van der Waals surface area (Å²) in [7, 11) is 0. The van der Waals surface area contributed by atoms with Gasteiger partial charge in [-0.05, 0) is 12.1 Å². The molecule has 0 aliphatic carbocycles. The summed E-state index contributed by atoms with van der Waals surface area (Å²) in [5, 5.41) is 0. The van der Waals surface area contributed by atoms with Crippen molar-refractivity contribution in [2.45, 2.75) is 0 Å². The largest absolute Gasteiger partial charge is 0.454 e. The summed E-state index contributed by atoms with van der Waals surface area (Å²) >= 11 is 0. The molecule has 12 heavy (non-hydrogen) atoms. The number of esters is 1. The van der Waals surface area contributed by atoms with Crippen LogP contribution in [0.15, 0.2) is 24.5 Å². The van der Waals surface area contributed by atoms with Crippen molar-refractivity contribution in [1.82, 2.24) is 4.98 Å². The molecule has 0 saturated heterocycles. The van der Waals surface area contributed by atoms with Crippen LogP contribution in [0.3, 0.4) is 0 Å². The highest BCUT2D eigenvalue weighted by Crippen LogP contribution is 1.97. The predicted molar refractivity (Wildman–Crippen MR) is 40.2 cm³/mol. The van der Waals surface area contributed by atoms with Crippen molar-refractivity contribution in [3.05, 3.63) is 30.1 Å². The first kappa shape index (κ1) is 8.39. The average Bonchev–Trinajstić information content (AvgIpc) is 2.15. The van der Waals surface area contributed by atoms with Crippen LogP contribution >= 0.6 is 0 Å². The first-order chi connectivity index (χ1) is 5.84. The molecule has 0 unspecified atom stereocenters. The Kier molecular flexibility index (Phi) is 2.95. The van der Waals surface area contributed by atoms with Crippen LogP contribution in [0.25, 0.3) is 0 Å². The summed E-state index contributed by atoms with van der Waals surface area (Å²) in [4.78, 5) is 24.4. The van der Waals surface area contributed by atoms with Gasteiger partial charge in [-0.3, -0.25) is 9.78 Å². The average molecular weight is 164 g/mol. The lowest BCUT2D eigenvalue weighted by atomic mass is 10.3. The molecular weight excluding hydrogens is 158 g/mol. The topological polar surface area (TPSA) is 56.3 Å². The second-order valence-electron chi connectivity index (χ2n) is 1.96. The van der Waals surface area contributed by atoms with Crippen LogP contribution in [0.2, 0.25) is 0 Å². The number of ether oxygens (including phenoxy) is 1. The lowest BCUT2D eigenvalue weighted by Crippen LogP contribution is -2.06. The SMILES string of the molecule is O=[C]COC(=O)c1cccnc1. The van der Waals surface area contributed by atoms with Gasteiger partial charge < -0.3 is 4.74 Å². The van der Waals surface area contributed by atoms with Gasteiger partial charge in [0.2, 0.25) is 6.29 Å². The maximum Gasteiger partial charge on any atom is 0.340 e. The van der Waals surface area contributed by atoms with E-state index in [9.17, 15) is 9.59 Å². The number of hydrogen-bond acceptors (Lipinski definition) is 4. The van der Waals surface area contributed by atoms with E-state index in [4.69, 9.17) is 0 Å². The molecule has 1 heterocycles. The molecule has 1 aromatic heterocycles. The van der Waals surface area contributed by atoms with Crippen molar-refractivity contribution in [2.75, 3.05) is 6.61 Å². The minimum atomic E-state index is -0.563. The molecule has 0 amide bonds. The number of nitrogens with zero attached hydrogens (tertiary/aromatic N) is 1. The van der Waals surface area contributed by atoms with Gasteiger partial charge in [0.05, 0.1) is 5.56 Å². The van der Waals surface area contributed by atoms with Crippen LogP contribution in [0, 0.1) is 0 Å². The number of carbonyl (C=O) groups excluding carboxylic acids is 2. The number of rotatable bonds is 3. The highest BCUT2D eigenvalue weighted by atomic mass is 16.5. The van der Waals surface area contributed by atoms with Crippen LogP contribution < -0.4 is 0 Å². The number of pyridine rings is 1. The van der Waals surface area contributed by atoms with Crippen LogP contribution in [0.4, 0.5) is 0 Å². The Morgan fingerprint density at radius 1 is 1.67 bits per heavy atom. The summed E-state index contributed by atoms with van der Waals surface area (Å²) in [6, 6.07) is 3.17. The molecule has 4 heteroatoms. The highest BCUT2D eigenvalue weighted by molar-refractivity contribution is 5.89. The zero-order valence-electron chi connectivity index (χ0n) is 6.19. The van der Waals surface area contributed by atoms with Gasteiger partial charge in [0.1, 0.15) is 0 Å². The van der Waals surface area contributed by atoms with Gasteiger partial charge in [-0.1, -0.05) is 0 Å². The van der Waals surface area contributed by atoms with Crippen LogP contribution in [0.1, 0.15) is 10.4 Å². The highest BCUT2D eigenvalue weighted by Gasteiger charge is 2.04. The van der Waals surface area contributed by atoms with Crippen molar-refractivity contribution in [3.63, 3.8) is 0 Å². The molecule has 0 fully saturated rings. The monoisotopic (exact) mass is 164 g/mol. The van der Waals surface area contributed by atoms with Crippen LogP contribution in [-0.4, -0.2) is 23.8 Å². The first-order valence-electron chi connectivity index (χ1n) is 3.27. The Morgan fingerprint density at radius 2 is 2.50 bits per heavy atom. The maximum absolute atomic E-state index is 11.0. The van der Waals surface area contributed by atoms with Gasteiger partial charge in [-0.2, -0.15) is 0 Å². The zero-order valence-corrected chi connectivity index (χ0v) is 6.19. The van der Waals surface area contributed by atoms with Gasteiger partial charge >= 0.3 is 5.97 Å². The zero-order chi connectivity index (χ0) is 8.81. The third kappa shape index (κ3) is 2.16. The summed E-state index contributed by atoms with van der Waals surface area (Å²) in [5.41, 5.74) is 0.327. The van der Waals surface area contributed by atoms with Gasteiger partial charge in [0, 0.05) is 12.4 Å². The van der Waals surface area contributed by atoms with E-state index < -0.39 is 5.97 Å². The summed E-state index contributed by atoms with van der Waals surface area (Å²) < 4.78 is 4.47. The Labute approximate surface area is 69.2 Å². The van der Waals surface area contributed by atoms with E-state index in [1.165, 1.54) is 12.5 Å². The fourth-order valence-electron chi connectivity index (χ4n) is 0.662. The molecule has 0 aliphatic rings. The molecule has 0 bridgehead atoms. The molecule has 0 spiro atoms. The quantitative estimate of drug-likeness (QED) is 0.605. The molecule has 1 aromatic rings. The van der Waals surface area contributed by atoms with E-state index in [0.717, 1.165) is 0 Å². The van der Waals surface area contributed by atoms with E-state index in [1.54, 1.807) is 18.3 Å². The summed E-state index contributed by atoms with van der Waals surface area (Å²) in [6.07, 6.45) is 4.37. The molecular formula is C8H6NO3. The van der Waals surface area contributed by atoms with Crippen LogP contribution in [-0.2, 0) is 9.53 Å². The molecule has 0 aromatic carbocycles. The number of hydrogen-bond donors (Lipinski definition) is 0. The van der Waals surface area contributed by atoms with Gasteiger partial charge in [-0.25, -0.2) is 4.79 Å². The molecule has 0 aliphatic heterocycles. The van der Waals surface area contributed by atoms with Gasteiger partial charge in [0.25, 0.3) is 0 Å². The Hall–Kier alpha value is -1.71. The molecule has 4 nitrogen and oxygen atoms in total. The van der Waals surface area contributed by atoms with Crippen molar-refractivity contribution in [2.24, 2.45) is 0 Å². The van der Waals surface area contributed by atoms with E-state index in [0.29, 0.717) is 5.56 Å². The van der Waals surface area contributed by atoms with Crippen molar-refractivity contribution in [1.29, 1.82) is 0 Å². The van der Waals surface area contributed by atoms with E-state index >= 15 is 0 Å². The smallest absolute Gasteiger partial charge is 0.340 e. The molecule has 0 atom stereocenters. The Balaban J connectivity index is 2.59. The third-order valence-corrected chi connectivity index (χ3v) is 1.16. The summed E-state index contributed by atoms with van der Waals surface area (Å²) in [5.74, 6) is -0.563. The number of carbonyl (C=O) groups is 1. The van der Waals surface area contributed by atoms with Crippen molar-refractivity contribution in [3.8, 4) is 0 Å². The second kappa shape index (κ2) is 4.23. The van der Waals surface area contributed by atoms with E-state index in [1.807, 2.05) is 0 Å². The van der Waals surface area contributed by atoms with Crippen molar-refractivity contribution >= 4 is 12.3 Å². The van der Waals surface area contributed by atoms with Crippen molar-refractivity contribution < 1.29 is 14.3 Å². The summed E-state index contributed by atoms with van der Waals surface area (Å²) in [6.45, 7) is -0.340. The molecule has 0 N–H and O–H groups in total. The molecule has 61 valence electrons. The Bertz CT molecular complexity index is 271. The fourth-order valence-corrected chi connectivity index (χ4v) is 0.662. The Morgan fingerprint density at radius 3 is 3.08 bits per heavy atom. The third-order valence-electron chi connectivity index (χ3n) is 1.16. The minimum Gasteiger partial charge on any atom is -0.454 e. The standard InChI is InChI=1S/C8H6NO3/c10-4-5-12-8(11)7-2-1-3-9-6-7/h1-3,6H,5H2. The van der Waals surface area contributed by atoms with E-state index in [2.05, 4.69) is 9.72 Å². The first-order valence-corrected chi connectivity index (χ1v) is 3.27. The normalized spacial score (nSPS) is 9.00. The number of aromatic nitrogens is 1. The molecule has 0 saturated carbocycles. The van der Waals surface area contributed by atoms with Gasteiger partial charge in [-0.15, -0.1) is 0 Å². The fraction of sp³-hybridized carbons (Fsp3) is 0.125. The maximum atomic E-state index is 11.0. The lowest BCUT2D eigenvalue weighted by molar-refractivity contribution is 0.0561. The minimum absolute atomic E-state index is 0.327. The van der Waals surface area contributed by atoms with Gasteiger partial charge in [0.15, 0.2) is 6.61 Å². The van der Waals surface area contributed by atoms with Crippen LogP contribution in [0.5, 0.6) is 0 Å². The lowest BCUT2D eigenvalue weighted by Gasteiger charge is -1.97. The predicted octanol–water partition coefficient (Wildman–Crippen LogP) is 0.348. The molecule has 1 radical (unpaired) electrons. The van der Waals surface area contributed by atoms with E-state index in [-0.39, 0.29) is 6.61 Å².